The number of ether oxygens (including phenoxy) is 1. The van der Waals surface area contributed by atoms with Gasteiger partial charge in [-0.15, -0.1) is 0 Å². The molecule has 0 spiro atoms. The third-order valence-electron chi connectivity index (χ3n) is 4.23. The van der Waals surface area contributed by atoms with Gasteiger partial charge in [-0.25, -0.2) is 9.82 Å². The first-order valence-corrected chi connectivity index (χ1v) is 10.8. The molecule has 164 valence electrons. The molecular formula is C22H16Br2FN3O4. The molecule has 0 saturated heterocycles. The zero-order chi connectivity index (χ0) is 23.1. The van der Waals surface area contributed by atoms with Gasteiger partial charge in [0.1, 0.15) is 18.2 Å². The van der Waals surface area contributed by atoms with Crippen LogP contribution in [0.1, 0.15) is 16.7 Å². The largest absolute Gasteiger partial charge is 0.487 e. The van der Waals surface area contributed by atoms with Crippen LogP contribution in [0, 0.1) is 15.9 Å². The van der Waals surface area contributed by atoms with Crippen molar-refractivity contribution in [2.24, 2.45) is 5.10 Å². The molecule has 0 unspecified atom stereocenters. The fourth-order valence-electron chi connectivity index (χ4n) is 2.67. The molecule has 0 heterocycles. The molecule has 0 fully saturated rings. The van der Waals surface area contributed by atoms with Crippen molar-refractivity contribution in [1.29, 1.82) is 0 Å². The maximum absolute atomic E-state index is 12.9. The lowest BCUT2D eigenvalue weighted by Crippen LogP contribution is -2.19. The number of nitro benzene ring substituents is 1. The normalized spacial score (nSPS) is 10.8. The second kappa shape index (κ2) is 11.0. The number of benzene rings is 3. The van der Waals surface area contributed by atoms with Gasteiger partial charge < -0.3 is 4.74 Å². The molecular weight excluding hydrogens is 549 g/mol. The van der Waals surface area contributed by atoms with Gasteiger partial charge in [-0.1, -0.05) is 12.1 Å². The van der Waals surface area contributed by atoms with E-state index in [-0.39, 0.29) is 30.4 Å². The molecule has 32 heavy (non-hydrogen) atoms. The van der Waals surface area contributed by atoms with Crippen molar-refractivity contribution >= 4 is 49.7 Å². The van der Waals surface area contributed by atoms with Gasteiger partial charge >= 0.3 is 0 Å². The number of rotatable bonds is 8. The van der Waals surface area contributed by atoms with Crippen LogP contribution in [0.2, 0.25) is 0 Å². The van der Waals surface area contributed by atoms with Gasteiger partial charge in [0.2, 0.25) is 5.91 Å². The maximum atomic E-state index is 12.9. The summed E-state index contributed by atoms with van der Waals surface area (Å²) in [6.45, 7) is 0.224. The van der Waals surface area contributed by atoms with E-state index in [1.165, 1.54) is 30.5 Å². The summed E-state index contributed by atoms with van der Waals surface area (Å²) >= 11 is 6.90. The SMILES string of the molecule is O=C(Cc1ccc(F)cc1)N/N=C/c1cc(Br)c(OCc2ccc([N+](=O)[O-])cc2)c(Br)c1. The van der Waals surface area contributed by atoms with Crippen molar-refractivity contribution in [3.05, 3.63) is 102 Å². The lowest BCUT2D eigenvalue weighted by atomic mass is 10.1. The monoisotopic (exact) mass is 563 g/mol. The van der Waals surface area contributed by atoms with E-state index in [1.54, 1.807) is 36.4 Å². The summed E-state index contributed by atoms with van der Waals surface area (Å²) in [6.07, 6.45) is 1.57. The average molecular weight is 565 g/mol. The minimum absolute atomic E-state index is 0.0181. The quantitative estimate of drug-likeness (QED) is 0.221. The first-order chi connectivity index (χ1) is 15.3. The standard InChI is InChI=1S/C22H16Br2FN3O4/c23-19-9-16(12-26-27-21(29)11-14-1-5-17(25)6-2-14)10-20(24)22(19)32-13-15-3-7-18(8-4-15)28(30)31/h1-10,12H,11,13H2,(H,27,29)/b26-12+. The molecule has 3 aromatic carbocycles. The number of hydrazone groups is 1. The molecule has 0 aromatic heterocycles. The Balaban J connectivity index is 1.57. The van der Waals surface area contributed by atoms with Crippen LogP contribution in [-0.2, 0) is 17.8 Å². The van der Waals surface area contributed by atoms with Crippen LogP contribution in [0.25, 0.3) is 0 Å². The number of non-ortho nitro benzene ring substituents is 1. The smallest absolute Gasteiger partial charge is 0.269 e. The summed E-state index contributed by atoms with van der Waals surface area (Å²) in [5.74, 6) is -0.126. The first-order valence-electron chi connectivity index (χ1n) is 9.23. The second-order valence-corrected chi connectivity index (χ2v) is 8.33. The molecule has 10 heteroatoms. The Morgan fingerprint density at radius 1 is 1.06 bits per heavy atom. The summed E-state index contributed by atoms with van der Waals surface area (Å²) in [7, 11) is 0. The van der Waals surface area contributed by atoms with Crippen molar-refractivity contribution in [1.82, 2.24) is 5.43 Å². The third kappa shape index (κ3) is 6.69. The summed E-state index contributed by atoms with van der Waals surface area (Å²) in [5.41, 5.74) is 4.62. The Kier molecular flexibility index (Phi) is 8.07. The van der Waals surface area contributed by atoms with Crippen LogP contribution >= 0.6 is 31.9 Å². The van der Waals surface area contributed by atoms with E-state index in [0.29, 0.717) is 25.8 Å². The number of amides is 1. The van der Waals surface area contributed by atoms with Crippen molar-refractivity contribution in [2.45, 2.75) is 13.0 Å². The number of carbonyl (C=O) groups is 1. The van der Waals surface area contributed by atoms with Gasteiger partial charge in [0.25, 0.3) is 5.69 Å². The molecule has 7 nitrogen and oxygen atoms in total. The predicted octanol–water partition coefficient (Wildman–Crippen LogP) is 5.53. The zero-order valence-electron chi connectivity index (χ0n) is 16.4. The highest BCUT2D eigenvalue weighted by Crippen LogP contribution is 2.35. The maximum Gasteiger partial charge on any atom is 0.269 e. The molecule has 0 bridgehead atoms. The van der Waals surface area contributed by atoms with Crippen LogP contribution in [-0.4, -0.2) is 17.0 Å². The van der Waals surface area contributed by atoms with Gasteiger partial charge in [0.05, 0.1) is 26.5 Å². The lowest BCUT2D eigenvalue weighted by molar-refractivity contribution is -0.384. The molecule has 0 radical (unpaired) electrons. The van der Waals surface area contributed by atoms with E-state index in [1.807, 2.05) is 0 Å². The second-order valence-electron chi connectivity index (χ2n) is 6.62. The van der Waals surface area contributed by atoms with E-state index in [2.05, 4.69) is 42.4 Å². The number of halogens is 3. The first kappa shape index (κ1) is 23.6. The topological polar surface area (TPSA) is 93.8 Å². The predicted molar refractivity (Wildman–Crippen MR) is 125 cm³/mol. The summed E-state index contributed by atoms with van der Waals surface area (Å²) in [4.78, 5) is 22.2. The zero-order valence-corrected chi connectivity index (χ0v) is 19.6. The van der Waals surface area contributed by atoms with Gasteiger partial charge in [-0.2, -0.15) is 5.10 Å². The Hall–Kier alpha value is -3.11. The number of nitrogens with one attached hydrogen (secondary N) is 1. The molecule has 0 aliphatic heterocycles. The van der Waals surface area contributed by atoms with E-state index in [9.17, 15) is 19.3 Å². The highest BCUT2D eigenvalue weighted by molar-refractivity contribution is 9.11. The third-order valence-corrected chi connectivity index (χ3v) is 5.41. The summed E-state index contributed by atoms with van der Waals surface area (Å²) in [5, 5.41) is 14.7. The van der Waals surface area contributed by atoms with Crippen LogP contribution in [0.15, 0.2) is 74.7 Å². The van der Waals surface area contributed by atoms with Crippen LogP contribution < -0.4 is 10.2 Å². The Morgan fingerprint density at radius 2 is 1.66 bits per heavy atom. The number of carbonyl (C=O) groups excluding carboxylic acids is 1. The molecule has 0 aliphatic carbocycles. The highest BCUT2D eigenvalue weighted by atomic mass is 79.9. The Bertz CT molecular complexity index is 1130. The highest BCUT2D eigenvalue weighted by Gasteiger charge is 2.10. The number of nitrogens with zero attached hydrogens (tertiary/aromatic N) is 2. The minimum atomic E-state index is -0.455. The van der Waals surface area contributed by atoms with Crippen molar-refractivity contribution in [2.75, 3.05) is 0 Å². The molecule has 1 amide bonds. The van der Waals surface area contributed by atoms with Crippen molar-refractivity contribution in [3.63, 3.8) is 0 Å². The molecule has 0 atom stereocenters. The van der Waals surface area contributed by atoms with Crippen LogP contribution in [0.3, 0.4) is 0 Å². The van der Waals surface area contributed by atoms with Crippen molar-refractivity contribution < 1.29 is 18.8 Å². The van der Waals surface area contributed by atoms with E-state index in [4.69, 9.17) is 4.74 Å². The number of hydrogen-bond donors (Lipinski definition) is 1. The minimum Gasteiger partial charge on any atom is -0.487 e. The average Bonchev–Trinajstić information content (AvgIpc) is 2.75. The molecule has 3 rings (SSSR count). The molecule has 3 aromatic rings. The van der Waals surface area contributed by atoms with Gasteiger partial charge in [0, 0.05) is 12.1 Å². The number of nitro groups is 1. The van der Waals surface area contributed by atoms with E-state index < -0.39 is 4.92 Å². The fraction of sp³-hybridized carbons (Fsp3) is 0.0909. The van der Waals surface area contributed by atoms with Crippen LogP contribution in [0.5, 0.6) is 5.75 Å². The fourth-order valence-corrected chi connectivity index (χ4v) is 4.12. The molecule has 0 aliphatic rings. The number of hydrogen-bond acceptors (Lipinski definition) is 5. The van der Waals surface area contributed by atoms with Gasteiger partial charge in [0.15, 0.2) is 0 Å². The van der Waals surface area contributed by atoms with Gasteiger partial charge in [-0.05, 0) is 84.9 Å². The Labute approximate surface area is 199 Å². The molecule has 0 saturated carbocycles. The summed E-state index contributed by atoms with van der Waals surface area (Å²) < 4.78 is 20.1. The van der Waals surface area contributed by atoms with E-state index >= 15 is 0 Å². The lowest BCUT2D eigenvalue weighted by Gasteiger charge is -2.11. The molecule has 1 N–H and O–H groups in total. The van der Waals surface area contributed by atoms with Crippen molar-refractivity contribution in [3.8, 4) is 5.75 Å². The summed E-state index contributed by atoms with van der Waals surface area (Å²) in [6, 6.07) is 15.3. The van der Waals surface area contributed by atoms with Crippen LogP contribution in [0.4, 0.5) is 10.1 Å². The van der Waals surface area contributed by atoms with E-state index in [0.717, 1.165) is 5.56 Å². The van der Waals surface area contributed by atoms with Gasteiger partial charge in [-0.3, -0.25) is 14.9 Å². The Morgan fingerprint density at radius 3 is 2.25 bits per heavy atom.